The van der Waals surface area contributed by atoms with E-state index in [-0.39, 0.29) is 11.5 Å². The van der Waals surface area contributed by atoms with Crippen molar-refractivity contribution in [1.82, 2.24) is 0 Å². The second-order valence-electron chi connectivity index (χ2n) is 7.57. The molecule has 1 fully saturated rings. The Morgan fingerprint density at radius 3 is 2.15 bits per heavy atom. The van der Waals surface area contributed by atoms with Gasteiger partial charge in [0.05, 0.1) is 5.56 Å². The highest BCUT2D eigenvalue weighted by molar-refractivity contribution is 6.10. The fraction of sp³-hybridized carbons (Fsp3) is 0.480. The topological polar surface area (TPSA) is 37.3 Å². The molecule has 0 aliphatic heterocycles. The van der Waals surface area contributed by atoms with Crippen molar-refractivity contribution in [2.75, 3.05) is 0 Å². The second kappa shape index (κ2) is 12.3. The molecule has 2 aromatic rings. The van der Waals surface area contributed by atoms with E-state index in [4.69, 9.17) is 0 Å². The quantitative estimate of drug-likeness (QED) is 0.377. The van der Waals surface area contributed by atoms with Crippen LogP contribution in [0.25, 0.3) is 0 Å². The van der Waals surface area contributed by atoms with Crippen LogP contribution >= 0.6 is 0 Å². The van der Waals surface area contributed by atoms with Crippen LogP contribution in [0.5, 0.6) is 5.75 Å². The van der Waals surface area contributed by atoms with Crippen LogP contribution in [0.2, 0.25) is 0 Å². The Morgan fingerprint density at radius 2 is 1.52 bits per heavy atom. The van der Waals surface area contributed by atoms with Crippen LogP contribution in [0.4, 0.5) is 0 Å². The van der Waals surface area contributed by atoms with Crippen molar-refractivity contribution in [3.63, 3.8) is 0 Å². The van der Waals surface area contributed by atoms with E-state index in [2.05, 4.69) is 6.92 Å². The van der Waals surface area contributed by atoms with Gasteiger partial charge in [0, 0.05) is 5.56 Å². The van der Waals surface area contributed by atoms with Crippen LogP contribution < -0.4 is 0 Å². The van der Waals surface area contributed by atoms with Crippen molar-refractivity contribution in [2.24, 2.45) is 5.92 Å². The summed E-state index contributed by atoms with van der Waals surface area (Å²) in [5.74, 6) is 0.997. The average Bonchev–Trinajstić information content (AvgIpc) is 2.67. The molecule has 1 aliphatic rings. The minimum atomic E-state index is -0.159. The fourth-order valence-corrected chi connectivity index (χ4v) is 3.41. The van der Waals surface area contributed by atoms with Gasteiger partial charge >= 0.3 is 0 Å². The number of ketones is 1. The smallest absolute Gasteiger partial charge is 0.196 e. The lowest BCUT2D eigenvalue weighted by molar-refractivity contribution is 0.103. The van der Waals surface area contributed by atoms with Crippen LogP contribution in [0.1, 0.15) is 87.1 Å². The fourth-order valence-electron chi connectivity index (χ4n) is 3.41. The Morgan fingerprint density at radius 1 is 0.889 bits per heavy atom. The third-order valence-corrected chi connectivity index (χ3v) is 5.38. The second-order valence-corrected chi connectivity index (χ2v) is 7.57. The number of phenols is 1. The lowest BCUT2D eigenvalue weighted by Crippen LogP contribution is -2.10. The number of benzene rings is 2. The van der Waals surface area contributed by atoms with E-state index in [9.17, 15) is 9.90 Å². The Balaban J connectivity index is 0.000000199. The highest BCUT2D eigenvalue weighted by atomic mass is 16.3. The molecule has 0 amide bonds. The zero-order chi connectivity index (χ0) is 19.3. The van der Waals surface area contributed by atoms with E-state index in [1.807, 2.05) is 6.07 Å². The standard InChI is InChI=1S/C13H10O2.C12H24/c14-12-9-5-4-8-11(12)13(15)10-6-2-1-3-7-10;1-2-3-4-5-6-7-9-12-10-8-11-12/h1-9,14H;12H,2-11H2,1H3. The summed E-state index contributed by atoms with van der Waals surface area (Å²) < 4.78 is 0. The summed E-state index contributed by atoms with van der Waals surface area (Å²) in [6.45, 7) is 2.29. The molecule has 1 aliphatic carbocycles. The number of para-hydroxylation sites is 1. The predicted octanol–water partition coefficient (Wildman–Crippen LogP) is 7.16. The molecule has 0 saturated heterocycles. The minimum Gasteiger partial charge on any atom is -0.507 e. The third kappa shape index (κ3) is 7.58. The van der Waals surface area contributed by atoms with Crippen molar-refractivity contribution in [1.29, 1.82) is 0 Å². The monoisotopic (exact) mass is 366 g/mol. The first-order valence-electron chi connectivity index (χ1n) is 10.6. The first kappa shape index (κ1) is 21.2. The molecule has 3 rings (SSSR count). The Bertz CT molecular complexity index is 659. The summed E-state index contributed by atoms with van der Waals surface area (Å²) in [4.78, 5) is 11.9. The first-order chi connectivity index (χ1) is 13.2. The van der Waals surface area contributed by atoms with Crippen molar-refractivity contribution in [2.45, 2.75) is 71.1 Å². The Labute approximate surface area is 164 Å². The number of phenolic OH excluding ortho intramolecular Hbond substituents is 1. The Hall–Kier alpha value is -2.09. The average molecular weight is 367 g/mol. The highest BCUT2D eigenvalue weighted by Gasteiger charge is 2.15. The number of hydrogen-bond donors (Lipinski definition) is 1. The molecular weight excluding hydrogens is 332 g/mol. The van der Waals surface area contributed by atoms with E-state index in [0.717, 1.165) is 5.92 Å². The van der Waals surface area contributed by atoms with Crippen molar-refractivity contribution in [3.8, 4) is 5.75 Å². The molecule has 0 radical (unpaired) electrons. The molecule has 2 heteroatoms. The molecule has 0 spiro atoms. The number of carbonyl (C=O) groups is 1. The molecule has 0 heterocycles. The van der Waals surface area contributed by atoms with Gasteiger partial charge in [-0.3, -0.25) is 4.79 Å². The van der Waals surface area contributed by atoms with Crippen LogP contribution in [-0.2, 0) is 0 Å². The van der Waals surface area contributed by atoms with Crippen LogP contribution in [0.3, 0.4) is 0 Å². The molecule has 0 atom stereocenters. The van der Waals surface area contributed by atoms with Crippen LogP contribution in [0.15, 0.2) is 54.6 Å². The van der Waals surface area contributed by atoms with Crippen molar-refractivity contribution < 1.29 is 9.90 Å². The van der Waals surface area contributed by atoms with Gasteiger partial charge in [0.15, 0.2) is 5.78 Å². The van der Waals surface area contributed by atoms with Crippen molar-refractivity contribution >= 4 is 5.78 Å². The van der Waals surface area contributed by atoms with Gasteiger partial charge < -0.3 is 5.11 Å². The van der Waals surface area contributed by atoms with Crippen LogP contribution in [-0.4, -0.2) is 10.9 Å². The molecule has 0 aromatic heterocycles. The summed E-state index contributed by atoms with van der Waals surface area (Å²) in [6, 6.07) is 15.5. The number of rotatable bonds is 9. The number of aromatic hydroxyl groups is 1. The molecule has 1 N–H and O–H groups in total. The number of unbranched alkanes of at least 4 members (excludes halogenated alkanes) is 5. The molecule has 27 heavy (non-hydrogen) atoms. The maximum Gasteiger partial charge on any atom is 0.196 e. The van der Waals surface area contributed by atoms with E-state index in [1.54, 1.807) is 42.5 Å². The maximum absolute atomic E-state index is 11.9. The summed E-state index contributed by atoms with van der Waals surface area (Å²) in [6.07, 6.45) is 14.9. The van der Waals surface area contributed by atoms with Crippen molar-refractivity contribution in [3.05, 3.63) is 65.7 Å². The Kier molecular flexibility index (Phi) is 9.68. The molecular formula is C25H34O2. The molecule has 2 aromatic carbocycles. The predicted molar refractivity (Wildman–Crippen MR) is 113 cm³/mol. The molecule has 146 valence electrons. The summed E-state index contributed by atoms with van der Waals surface area (Å²) in [7, 11) is 0. The van der Waals surface area contributed by atoms with Gasteiger partial charge in [-0.1, -0.05) is 114 Å². The minimum absolute atomic E-state index is 0.0198. The van der Waals surface area contributed by atoms with E-state index < -0.39 is 0 Å². The first-order valence-corrected chi connectivity index (χ1v) is 10.6. The zero-order valence-electron chi connectivity index (χ0n) is 16.7. The summed E-state index contributed by atoms with van der Waals surface area (Å²) >= 11 is 0. The highest BCUT2D eigenvalue weighted by Crippen LogP contribution is 2.31. The number of hydrogen-bond acceptors (Lipinski definition) is 2. The molecule has 0 unspecified atom stereocenters. The van der Waals surface area contributed by atoms with Crippen LogP contribution in [0, 0.1) is 5.92 Å². The lowest BCUT2D eigenvalue weighted by atomic mass is 9.81. The van der Waals surface area contributed by atoms with Gasteiger partial charge in [-0.15, -0.1) is 0 Å². The summed E-state index contributed by atoms with van der Waals surface area (Å²) in [5, 5.41) is 9.52. The van der Waals surface area contributed by atoms with E-state index in [1.165, 1.54) is 70.3 Å². The van der Waals surface area contributed by atoms with Gasteiger partial charge in [0.25, 0.3) is 0 Å². The molecule has 1 saturated carbocycles. The summed E-state index contributed by atoms with van der Waals surface area (Å²) in [5.41, 5.74) is 0.919. The van der Waals surface area contributed by atoms with E-state index >= 15 is 0 Å². The van der Waals surface area contributed by atoms with Gasteiger partial charge in [-0.2, -0.15) is 0 Å². The zero-order valence-corrected chi connectivity index (χ0v) is 16.7. The van der Waals surface area contributed by atoms with Gasteiger partial charge in [-0.25, -0.2) is 0 Å². The normalized spacial score (nSPS) is 13.4. The molecule has 0 bridgehead atoms. The lowest BCUT2D eigenvalue weighted by Gasteiger charge is -2.24. The van der Waals surface area contributed by atoms with E-state index in [0.29, 0.717) is 11.1 Å². The SMILES string of the molecule is CCCCCCCCC1CCC1.O=C(c1ccccc1)c1ccccc1O. The number of carbonyl (C=O) groups excluding carboxylic acids is 1. The molecule has 2 nitrogen and oxygen atoms in total. The maximum atomic E-state index is 11.9. The van der Waals surface area contributed by atoms with Gasteiger partial charge in [0.1, 0.15) is 5.75 Å². The van der Waals surface area contributed by atoms with Gasteiger partial charge in [-0.05, 0) is 18.1 Å². The third-order valence-electron chi connectivity index (χ3n) is 5.38. The van der Waals surface area contributed by atoms with Gasteiger partial charge in [0.2, 0.25) is 0 Å². The largest absolute Gasteiger partial charge is 0.507 e.